The van der Waals surface area contributed by atoms with Crippen molar-refractivity contribution in [3.05, 3.63) is 0 Å². The van der Waals surface area contributed by atoms with Crippen LogP contribution in [-0.2, 0) is 0 Å². The molecule has 0 aromatic carbocycles. The Hall–Kier alpha value is -0.610. The van der Waals surface area contributed by atoms with Crippen molar-refractivity contribution in [3.63, 3.8) is 0 Å². The van der Waals surface area contributed by atoms with Crippen LogP contribution in [0.5, 0.6) is 0 Å². The minimum atomic E-state index is -0.202. The number of rotatable bonds is 1. The maximum Gasteiger partial charge on any atom is 0.120 e. The number of aliphatic imine (C=N–C) groups is 1. The van der Waals surface area contributed by atoms with E-state index in [1.165, 1.54) is 44.9 Å². The first-order valence-electron chi connectivity index (χ1n) is 7.45. The molecule has 18 heavy (non-hydrogen) atoms. The van der Waals surface area contributed by atoms with E-state index >= 15 is 0 Å². The fourth-order valence-electron chi connectivity index (χ4n) is 2.96. The van der Waals surface area contributed by atoms with Crippen molar-refractivity contribution in [2.45, 2.75) is 71.4 Å². The molecular weight excluding hydrogens is 224 g/mol. The lowest BCUT2D eigenvalue weighted by atomic mass is 9.95. The zero-order valence-corrected chi connectivity index (χ0v) is 12.1. The van der Waals surface area contributed by atoms with Crippen LogP contribution in [0.4, 0.5) is 0 Å². The van der Waals surface area contributed by atoms with Crippen LogP contribution in [0.1, 0.15) is 65.7 Å². The van der Waals surface area contributed by atoms with E-state index < -0.39 is 0 Å². The van der Waals surface area contributed by atoms with Crippen molar-refractivity contribution in [1.29, 1.82) is 0 Å². The summed E-state index contributed by atoms with van der Waals surface area (Å²) in [6, 6.07) is 0. The monoisotopic (exact) mass is 252 g/mol. The van der Waals surface area contributed by atoms with E-state index in [9.17, 15) is 0 Å². The fraction of sp³-hybridized carbons (Fsp3) is 0.929. The van der Waals surface area contributed by atoms with Gasteiger partial charge in [-0.05, 0) is 32.6 Å². The van der Waals surface area contributed by atoms with Gasteiger partial charge in [-0.2, -0.15) is 5.53 Å². The van der Waals surface area contributed by atoms with Crippen LogP contribution in [0.15, 0.2) is 4.99 Å². The lowest BCUT2D eigenvalue weighted by Gasteiger charge is -2.33. The van der Waals surface area contributed by atoms with E-state index in [4.69, 9.17) is 4.99 Å². The van der Waals surface area contributed by atoms with Gasteiger partial charge in [-0.25, -0.2) is 10.4 Å². The largest absolute Gasteiger partial charge is 0.296 e. The second-order valence-electron chi connectivity index (χ2n) is 6.45. The molecule has 1 saturated carbocycles. The van der Waals surface area contributed by atoms with Gasteiger partial charge in [-0.15, -0.1) is 0 Å². The molecule has 0 saturated heterocycles. The highest BCUT2D eigenvalue weighted by atomic mass is 15.7. The van der Waals surface area contributed by atoms with Gasteiger partial charge in [-0.3, -0.25) is 5.43 Å². The Morgan fingerprint density at radius 3 is 2.50 bits per heavy atom. The predicted molar refractivity (Wildman–Crippen MR) is 75.9 cm³/mol. The molecular formula is C14H28N4. The fourth-order valence-corrected chi connectivity index (χ4v) is 2.96. The van der Waals surface area contributed by atoms with Crippen LogP contribution in [0, 0.1) is 11.8 Å². The highest BCUT2D eigenvalue weighted by molar-refractivity contribution is 5.84. The lowest BCUT2D eigenvalue weighted by molar-refractivity contribution is 0.295. The van der Waals surface area contributed by atoms with Gasteiger partial charge in [0.2, 0.25) is 0 Å². The normalized spacial score (nSPS) is 33.6. The Kier molecular flexibility index (Phi) is 4.62. The Morgan fingerprint density at radius 2 is 1.72 bits per heavy atom. The Morgan fingerprint density at radius 1 is 1.06 bits per heavy atom. The quantitative estimate of drug-likeness (QED) is 0.672. The summed E-state index contributed by atoms with van der Waals surface area (Å²) in [6.45, 7) is 6.58. The Balaban J connectivity index is 1.99. The standard InChI is InChI=1S/C14H28N4/c1-11-7-4-5-9-12(10-6-8-11)13-15-14(2,3)17-18-16-13/h11-12,17-18H,4-10H2,1-3H3,(H,15,16). The third kappa shape index (κ3) is 3.95. The molecule has 1 heterocycles. The van der Waals surface area contributed by atoms with Gasteiger partial charge in [0.1, 0.15) is 11.5 Å². The SMILES string of the molecule is CC1CCCCC(C2=NC(C)(C)NNN2)CCC1. The molecule has 4 heteroatoms. The van der Waals surface area contributed by atoms with E-state index in [1.54, 1.807) is 0 Å². The number of hydrogen-bond donors (Lipinski definition) is 3. The molecule has 2 atom stereocenters. The summed E-state index contributed by atoms with van der Waals surface area (Å²) in [6.07, 6.45) is 9.37. The average molecular weight is 252 g/mol. The molecule has 2 aliphatic rings. The number of hydrazine groups is 2. The van der Waals surface area contributed by atoms with Crippen molar-refractivity contribution < 1.29 is 0 Å². The van der Waals surface area contributed by atoms with E-state index in [0.29, 0.717) is 5.92 Å². The zero-order chi connectivity index (χ0) is 13.0. The molecule has 0 spiro atoms. The lowest BCUT2D eigenvalue weighted by Crippen LogP contribution is -2.61. The molecule has 1 fully saturated rings. The molecule has 0 bridgehead atoms. The van der Waals surface area contributed by atoms with E-state index in [1.807, 2.05) is 0 Å². The predicted octanol–water partition coefficient (Wildman–Crippen LogP) is 2.73. The highest BCUT2D eigenvalue weighted by Crippen LogP contribution is 2.26. The van der Waals surface area contributed by atoms with Gasteiger partial charge < -0.3 is 0 Å². The van der Waals surface area contributed by atoms with Gasteiger partial charge in [0.15, 0.2) is 0 Å². The first-order chi connectivity index (χ1) is 8.57. The second kappa shape index (κ2) is 6.02. The molecule has 1 aliphatic heterocycles. The van der Waals surface area contributed by atoms with Crippen LogP contribution >= 0.6 is 0 Å². The third-order valence-corrected chi connectivity index (χ3v) is 4.09. The van der Waals surface area contributed by atoms with Crippen LogP contribution < -0.4 is 16.4 Å². The van der Waals surface area contributed by atoms with Crippen molar-refractivity contribution in [2.75, 3.05) is 0 Å². The molecule has 0 aromatic rings. The zero-order valence-electron chi connectivity index (χ0n) is 12.1. The van der Waals surface area contributed by atoms with Gasteiger partial charge in [-0.1, -0.05) is 39.0 Å². The molecule has 0 amide bonds. The molecule has 3 N–H and O–H groups in total. The van der Waals surface area contributed by atoms with Gasteiger partial charge in [0.25, 0.3) is 0 Å². The summed E-state index contributed by atoms with van der Waals surface area (Å²) in [4.78, 5) is 4.79. The van der Waals surface area contributed by atoms with Gasteiger partial charge >= 0.3 is 0 Å². The average Bonchev–Trinajstić information content (AvgIpc) is 2.40. The molecule has 2 unspecified atom stereocenters. The maximum atomic E-state index is 4.79. The molecule has 2 rings (SSSR count). The summed E-state index contributed by atoms with van der Waals surface area (Å²) in [7, 11) is 0. The second-order valence-corrected chi connectivity index (χ2v) is 6.45. The highest BCUT2D eigenvalue weighted by Gasteiger charge is 2.25. The smallest absolute Gasteiger partial charge is 0.120 e. The molecule has 0 aromatic heterocycles. The van der Waals surface area contributed by atoms with E-state index in [-0.39, 0.29) is 5.66 Å². The first kappa shape index (κ1) is 13.8. The van der Waals surface area contributed by atoms with Crippen LogP contribution in [0.25, 0.3) is 0 Å². The number of nitrogens with one attached hydrogen (secondary N) is 3. The van der Waals surface area contributed by atoms with Crippen LogP contribution in [0.2, 0.25) is 0 Å². The number of amidine groups is 1. The summed E-state index contributed by atoms with van der Waals surface area (Å²) < 4.78 is 0. The maximum absolute atomic E-state index is 4.79. The molecule has 1 aliphatic carbocycles. The van der Waals surface area contributed by atoms with Crippen molar-refractivity contribution >= 4 is 5.84 Å². The van der Waals surface area contributed by atoms with Crippen LogP contribution in [0.3, 0.4) is 0 Å². The summed E-state index contributed by atoms with van der Waals surface area (Å²) in [5.74, 6) is 2.65. The molecule has 0 radical (unpaired) electrons. The van der Waals surface area contributed by atoms with Crippen molar-refractivity contribution in [3.8, 4) is 0 Å². The topological polar surface area (TPSA) is 48.5 Å². The minimum absolute atomic E-state index is 0.202. The van der Waals surface area contributed by atoms with E-state index in [0.717, 1.165) is 11.8 Å². The van der Waals surface area contributed by atoms with Crippen molar-refractivity contribution in [1.82, 2.24) is 16.4 Å². The Bertz CT molecular complexity index is 298. The van der Waals surface area contributed by atoms with Gasteiger partial charge in [0, 0.05) is 5.92 Å². The number of nitrogens with zero attached hydrogens (tertiary/aromatic N) is 1. The summed E-state index contributed by atoms with van der Waals surface area (Å²) in [5, 5.41) is 0. The number of hydrogen-bond acceptors (Lipinski definition) is 4. The summed E-state index contributed by atoms with van der Waals surface area (Å²) >= 11 is 0. The third-order valence-electron chi connectivity index (χ3n) is 4.09. The minimum Gasteiger partial charge on any atom is -0.296 e. The summed E-state index contributed by atoms with van der Waals surface area (Å²) in [5.41, 5.74) is 9.19. The molecule has 4 nitrogen and oxygen atoms in total. The first-order valence-corrected chi connectivity index (χ1v) is 7.45. The van der Waals surface area contributed by atoms with Gasteiger partial charge in [0.05, 0.1) is 0 Å². The van der Waals surface area contributed by atoms with E-state index in [2.05, 4.69) is 37.2 Å². The molecule has 104 valence electrons. The van der Waals surface area contributed by atoms with Crippen molar-refractivity contribution in [2.24, 2.45) is 16.8 Å². The van der Waals surface area contributed by atoms with Crippen LogP contribution in [-0.4, -0.2) is 11.5 Å². The Labute approximate surface area is 111 Å².